The Kier molecular flexibility index (Phi) is 5.65. The minimum absolute atomic E-state index is 0.346. The highest BCUT2D eigenvalue weighted by molar-refractivity contribution is 6.35. The second-order valence-electron chi connectivity index (χ2n) is 6.15. The van der Waals surface area contributed by atoms with Crippen molar-refractivity contribution in [2.24, 2.45) is 0 Å². The maximum absolute atomic E-state index is 13.0. The summed E-state index contributed by atoms with van der Waals surface area (Å²) in [6, 6.07) is 9.00. The van der Waals surface area contributed by atoms with Crippen LogP contribution in [0.25, 0.3) is 0 Å². The van der Waals surface area contributed by atoms with E-state index >= 15 is 0 Å². The van der Waals surface area contributed by atoms with Gasteiger partial charge < -0.3 is 16.0 Å². The Hall–Kier alpha value is -2.21. The molecule has 2 aromatic carbocycles. The number of halogens is 3. The summed E-state index contributed by atoms with van der Waals surface area (Å²) in [6.07, 6.45) is 0. The molecule has 0 aromatic heterocycles. The molecule has 2 aromatic rings. The van der Waals surface area contributed by atoms with Crippen molar-refractivity contribution in [1.29, 1.82) is 0 Å². The number of hydrogen-bond donors (Lipinski definition) is 3. The normalized spacial score (nSPS) is 16.6. The number of carbonyl (C=O) groups is 2. The molecule has 0 saturated heterocycles. The van der Waals surface area contributed by atoms with Crippen LogP contribution in [0.2, 0.25) is 15.1 Å². The summed E-state index contributed by atoms with van der Waals surface area (Å²) in [5.74, 6) is -0.374. The van der Waals surface area contributed by atoms with Gasteiger partial charge in [0.1, 0.15) is 0 Å². The molecule has 5 nitrogen and oxygen atoms in total. The minimum Gasteiger partial charge on any atom is -0.327 e. The summed E-state index contributed by atoms with van der Waals surface area (Å²) in [6.45, 7) is 3.52. The number of benzene rings is 2. The number of carbonyl (C=O) groups excluding carboxylic acids is 2. The van der Waals surface area contributed by atoms with Gasteiger partial charge in [0.15, 0.2) is 0 Å². The molecule has 3 N–H and O–H groups in total. The predicted octanol–water partition coefficient (Wildman–Crippen LogP) is 5.22. The zero-order chi connectivity index (χ0) is 19.7. The highest BCUT2D eigenvalue weighted by Gasteiger charge is 2.32. The third-order valence-electron chi connectivity index (χ3n) is 4.24. The average molecular weight is 425 g/mol. The lowest BCUT2D eigenvalue weighted by atomic mass is 9.94. The van der Waals surface area contributed by atoms with Crippen molar-refractivity contribution in [3.8, 4) is 0 Å². The highest BCUT2D eigenvalue weighted by atomic mass is 35.5. The van der Waals surface area contributed by atoms with Crippen molar-refractivity contribution < 1.29 is 9.59 Å². The van der Waals surface area contributed by atoms with E-state index in [1.807, 2.05) is 13.0 Å². The van der Waals surface area contributed by atoms with Gasteiger partial charge in [-0.25, -0.2) is 4.79 Å². The van der Waals surface area contributed by atoms with Gasteiger partial charge in [0.25, 0.3) is 5.91 Å². The van der Waals surface area contributed by atoms with Crippen LogP contribution in [-0.4, -0.2) is 11.9 Å². The van der Waals surface area contributed by atoms with E-state index in [4.69, 9.17) is 34.8 Å². The number of aryl methyl sites for hydroxylation is 1. The molecular weight excluding hydrogens is 409 g/mol. The molecule has 27 heavy (non-hydrogen) atoms. The van der Waals surface area contributed by atoms with Gasteiger partial charge in [0.2, 0.25) is 0 Å². The molecule has 0 fully saturated rings. The Morgan fingerprint density at radius 1 is 1.04 bits per heavy atom. The van der Waals surface area contributed by atoms with Gasteiger partial charge in [-0.05, 0) is 49.2 Å². The largest absolute Gasteiger partial charge is 0.327 e. The second-order valence-corrected chi connectivity index (χ2v) is 7.43. The smallest absolute Gasteiger partial charge is 0.319 e. The number of allylic oxidation sites excluding steroid dienone is 1. The summed E-state index contributed by atoms with van der Waals surface area (Å²) in [5, 5.41) is 9.55. The third-order valence-corrected chi connectivity index (χ3v) is 5.03. The van der Waals surface area contributed by atoms with E-state index in [2.05, 4.69) is 16.0 Å². The Labute approximate surface area is 171 Å². The van der Waals surface area contributed by atoms with Gasteiger partial charge in [-0.3, -0.25) is 4.79 Å². The summed E-state index contributed by atoms with van der Waals surface area (Å²) in [4.78, 5) is 25.0. The number of hydrogen-bond acceptors (Lipinski definition) is 2. The molecule has 1 aliphatic heterocycles. The van der Waals surface area contributed by atoms with E-state index in [0.717, 1.165) is 5.56 Å². The summed E-state index contributed by atoms with van der Waals surface area (Å²) < 4.78 is 0. The molecule has 0 spiro atoms. The predicted molar refractivity (Wildman–Crippen MR) is 108 cm³/mol. The van der Waals surface area contributed by atoms with E-state index in [0.29, 0.717) is 37.6 Å². The summed E-state index contributed by atoms with van der Waals surface area (Å²) >= 11 is 18.3. The van der Waals surface area contributed by atoms with E-state index in [1.165, 1.54) is 0 Å². The lowest BCUT2D eigenvalue weighted by Gasteiger charge is -2.29. The fraction of sp³-hybridized carbons (Fsp3) is 0.158. The Balaban J connectivity index is 2.01. The fourth-order valence-corrected chi connectivity index (χ4v) is 3.57. The number of amides is 3. The molecule has 8 heteroatoms. The van der Waals surface area contributed by atoms with E-state index < -0.39 is 12.1 Å². The summed E-state index contributed by atoms with van der Waals surface area (Å²) in [5.41, 5.74) is 2.80. The van der Waals surface area contributed by atoms with Crippen LogP contribution in [0.3, 0.4) is 0 Å². The van der Waals surface area contributed by atoms with Crippen LogP contribution in [-0.2, 0) is 4.79 Å². The topological polar surface area (TPSA) is 70.2 Å². The molecule has 0 aliphatic carbocycles. The lowest BCUT2D eigenvalue weighted by Crippen LogP contribution is -2.46. The Morgan fingerprint density at radius 2 is 1.70 bits per heavy atom. The van der Waals surface area contributed by atoms with Gasteiger partial charge in [0, 0.05) is 26.5 Å². The van der Waals surface area contributed by atoms with Crippen LogP contribution < -0.4 is 16.0 Å². The van der Waals surface area contributed by atoms with Gasteiger partial charge in [-0.1, -0.05) is 46.9 Å². The molecule has 1 aliphatic rings. The SMILES string of the molecule is CC1=C(C(=O)Nc2cc(Cl)ccc2C)[C@H](c2ccc(Cl)cc2Cl)NC(=O)N1. The van der Waals surface area contributed by atoms with Gasteiger partial charge in [-0.2, -0.15) is 0 Å². The molecule has 3 rings (SSSR count). The van der Waals surface area contributed by atoms with Gasteiger partial charge >= 0.3 is 6.03 Å². The number of anilines is 1. The quantitative estimate of drug-likeness (QED) is 0.632. The van der Waals surface area contributed by atoms with E-state index in [1.54, 1.807) is 37.3 Å². The molecule has 3 amide bonds. The Bertz CT molecular complexity index is 973. The van der Waals surface area contributed by atoms with Crippen LogP contribution in [0.5, 0.6) is 0 Å². The summed E-state index contributed by atoms with van der Waals surface area (Å²) in [7, 11) is 0. The standard InChI is InChI=1S/C19H16Cl3N3O2/c1-9-3-4-12(21)8-15(9)24-18(26)16-10(2)23-19(27)25-17(16)13-6-5-11(20)7-14(13)22/h3-8,17H,1-2H3,(H,24,26)(H2,23,25,27)/t17-/m0/s1. The monoisotopic (exact) mass is 423 g/mol. The first-order valence-corrected chi connectivity index (χ1v) is 9.20. The van der Waals surface area contributed by atoms with Gasteiger partial charge in [-0.15, -0.1) is 0 Å². The van der Waals surface area contributed by atoms with Crippen LogP contribution in [0.1, 0.15) is 24.1 Å². The van der Waals surface area contributed by atoms with Crippen molar-refractivity contribution in [3.05, 3.63) is 73.9 Å². The van der Waals surface area contributed by atoms with Crippen molar-refractivity contribution in [2.45, 2.75) is 19.9 Å². The minimum atomic E-state index is -0.719. The first kappa shape index (κ1) is 19.5. The lowest BCUT2D eigenvalue weighted by molar-refractivity contribution is -0.113. The van der Waals surface area contributed by atoms with E-state index in [-0.39, 0.29) is 5.91 Å². The average Bonchev–Trinajstić information content (AvgIpc) is 2.57. The highest BCUT2D eigenvalue weighted by Crippen LogP contribution is 2.34. The Morgan fingerprint density at radius 3 is 2.41 bits per heavy atom. The maximum atomic E-state index is 13.0. The molecule has 1 heterocycles. The van der Waals surface area contributed by atoms with Crippen molar-refractivity contribution in [3.63, 3.8) is 0 Å². The van der Waals surface area contributed by atoms with Crippen molar-refractivity contribution >= 4 is 52.4 Å². The third kappa shape index (κ3) is 4.21. The molecule has 140 valence electrons. The van der Waals surface area contributed by atoms with Gasteiger partial charge in [0.05, 0.1) is 11.6 Å². The molecule has 0 unspecified atom stereocenters. The number of rotatable bonds is 3. The number of urea groups is 1. The molecule has 0 radical (unpaired) electrons. The van der Waals surface area contributed by atoms with Crippen LogP contribution >= 0.6 is 34.8 Å². The van der Waals surface area contributed by atoms with E-state index in [9.17, 15) is 9.59 Å². The number of nitrogens with one attached hydrogen (secondary N) is 3. The van der Waals surface area contributed by atoms with Crippen LogP contribution in [0.4, 0.5) is 10.5 Å². The first-order valence-electron chi connectivity index (χ1n) is 8.07. The first-order chi connectivity index (χ1) is 12.8. The van der Waals surface area contributed by atoms with Crippen LogP contribution in [0.15, 0.2) is 47.7 Å². The maximum Gasteiger partial charge on any atom is 0.319 e. The molecular formula is C19H16Cl3N3O2. The molecule has 0 bridgehead atoms. The second kappa shape index (κ2) is 7.80. The molecule has 0 saturated carbocycles. The zero-order valence-electron chi connectivity index (χ0n) is 14.5. The van der Waals surface area contributed by atoms with Crippen molar-refractivity contribution in [1.82, 2.24) is 10.6 Å². The van der Waals surface area contributed by atoms with Crippen molar-refractivity contribution in [2.75, 3.05) is 5.32 Å². The fourth-order valence-electron chi connectivity index (χ4n) is 2.88. The van der Waals surface area contributed by atoms with Crippen LogP contribution in [0, 0.1) is 6.92 Å². The zero-order valence-corrected chi connectivity index (χ0v) is 16.8. The molecule has 1 atom stereocenters.